The van der Waals surface area contributed by atoms with Gasteiger partial charge in [-0.2, -0.15) is 5.26 Å². The second-order valence-electron chi connectivity index (χ2n) is 8.55. The molecule has 0 saturated heterocycles. The lowest BCUT2D eigenvalue weighted by Gasteiger charge is -2.20. The van der Waals surface area contributed by atoms with Crippen LogP contribution in [0.2, 0.25) is 0 Å². The molecule has 0 spiro atoms. The Morgan fingerprint density at radius 2 is 2.08 bits per heavy atom. The highest BCUT2D eigenvalue weighted by Gasteiger charge is 2.19. The first-order chi connectivity index (χ1) is 17.4. The molecule has 0 aliphatic carbocycles. The molecule has 1 aliphatic heterocycles. The van der Waals surface area contributed by atoms with Crippen LogP contribution in [0.15, 0.2) is 48.5 Å². The maximum Gasteiger partial charge on any atom is 0.257 e. The number of likely N-dealkylation sites (N-methyl/N-ethyl adjacent to an activating group) is 1. The first kappa shape index (κ1) is 26.9. The molecular formula is C27H32N6O2S. The lowest BCUT2D eigenvalue weighted by molar-refractivity contribution is -0.118. The second-order valence-corrected chi connectivity index (χ2v) is 9.63. The average Bonchev–Trinajstić information content (AvgIpc) is 3.30. The summed E-state index contributed by atoms with van der Waals surface area (Å²) >= 11 is 1.55. The third-order valence-electron chi connectivity index (χ3n) is 5.66. The minimum Gasteiger partial charge on any atom is -0.388 e. The summed E-state index contributed by atoms with van der Waals surface area (Å²) in [7, 11) is 3.92. The lowest BCUT2D eigenvalue weighted by Crippen LogP contribution is -2.25. The number of rotatable bonds is 8. The van der Waals surface area contributed by atoms with Crippen LogP contribution in [-0.2, 0) is 24.3 Å². The van der Waals surface area contributed by atoms with Crippen molar-refractivity contribution in [3.05, 3.63) is 75.8 Å². The Morgan fingerprint density at radius 3 is 2.81 bits per heavy atom. The van der Waals surface area contributed by atoms with Crippen molar-refractivity contribution < 1.29 is 9.59 Å². The lowest BCUT2D eigenvalue weighted by atomic mass is 10.1. The zero-order valence-corrected chi connectivity index (χ0v) is 21.8. The molecule has 9 heteroatoms. The molecule has 1 aliphatic rings. The topological polar surface area (TPSA) is 101 Å². The molecule has 0 unspecified atom stereocenters. The van der Waals surface area contributed by atoms with Gasteiger partial charge in [0, 0.05) is 55.8 Å². The van der Waals surface area contributed by atoms with Crippen molar-refractivity contribution in [2.24, 2.45) is 0 Å². The highest BCUT2D eigenvalue weighted by Crippen LogP contribution is 2.28. The highest BCUT2D eigenvalue weighted by atomic mass is 32.1. The van der Waals surface area contributed by atoms with Gasteiger partial charge in [-0.05, 0) is 49.4 Å². The number of nitriles is 1. The van der Waals surface area contributed by atoms with Gasteiger partial charge in [0.15, 0.2) is 5.13 Å². The number of nitrogens with one attached hydrogen (secondary N) is 2. The molecule has 2 heterocycles. The quantitative estimate of drug-likeness (QED) is 0.442. The minimum atomic E-state index is -0.167. The van der Waals surface area contributed by atoms with Gasteiger partial charge in [-0.15, -0.1) is 11.3 Å². The van der Waals surface area contributed by atoms with E-state index in [9.17, 15) is 9.59 Å². The van der Waals surface area contributed by atoms with Crippen LogP contribution >= 0.6 is 11.3 Å². The number of anilines is 2. The molecule has 8 nitrogen and oxygen atoms in total. The van der Waals surface area contributed by atoms with Crippen LogP contribution in [-0.4, -0.2) is 54.3 Å². The Labute approximate surface area is 216 Å². The number of nitrogens with zero attached hydrogens (tertiary/aromatic N) is 4. The van der Waals surface area contributed by atoms with E-state index in [0.717, 1.165) is 49.3 Å². The summed E-state index contributed by atoms with van der Waals surface area (Å²) < 4.78 is 0. The third kappa shape index (κ3) is 7.63. The normalized spacial score (nSPS) is 12.4. The SMILES string of the molecule is CCCN(C=O)Cc1cccc(C(=O)Nc2nc3c(s2)CN(C)CC3)c1.CNc1cccc(C#N)c1. The van der Waals surface area contributed by atoms with E-state index in [1.165, 1.54) is 4.88 Å². The monoisotopic (exact) mass is 504 g/mol. The highest BCUT2D eigenvalue weighted by molar-refractivity contribution is 7.15. The molecular weight excluding hydrogens is 472 g/mol. The van der Waals surface area contributed by atoms with Crippen molar-refractivity contribution in [1.82, 2.24) is 14.8 Å². The molecule has 2 aromatic carbocycles. The molecule has 1 aromatic heterocycles. The van der Waals surface area contributed by atoms with Gasteiger partial charge < -0.3 is 15.1 Å². The van der Waals surface area contributed by atoms with Crippen molar-refractivity contribution in [2.75, 3.05) is 37.8 Å². The summed E-state index contributed by atoms with van der Waals surface area (Å²) in [4.78, 5) is 33.5. The smallest absolute Gasteiger partial charge is 0.257 e. The molecule has 0 atom stereocenters. The van der Waals surface area contributed by atoms with E-state index >= 15 is 0 Å². The maximum absolute atomic E-state index is 12.6. The number of aromatic nitrogens is 1. The Kier molecular flexibility index (Phi) is 9.98. The number of fused-ring (bicyclic) bond motifs is 1. The van der Waals surface area contributed by atoms with Crippen LogP contribution in [0.5, 0.6) is 0 Å². The number of carbonyl (C=O) groups is 2. The first-order valence-corrected chi connectivity index (χ1v) is 12.7. The van der Waals surface area contributed by atoms with Gasteiger partial charge in [0.1, 0.15) is 0 Å². The fourth-order valence-electron chi connectivity index (χ4n) is 3.79. The van der Waals surface area contributed by atoms with Crippen molar-refractivity contribution in [3.63, 3.8) is 0 Å². The van der Waals surface area contributed by atoms with Gasteiger partial charge in [-0.25, -0.2) is 4.98 Å². The van der Waals surface area contributed by atoms with E-state index in [1.54, 1.807) is 34.4 Å². The largest absolute Gasteiger partial charge is 0.388 e. The van der Waals surface area contributed by atoms with Gasteiger partial charge in [0.05, 0.1) is 17.3 Å². The van der Waals surface area contributed by atoms with Crippen LogP contribution in [0, 0.1) is 11.3 Å². The predicted molar refractivity (Wildman–Crippen MR) is 144 cm³/mol. The van der Waals surface area contributed by atoms with Gasteiger partial charge in [0.2, 0.25) is 6.41 Å². The molecule has 0 saturated carbocycles. The molecule has 0 bridgehead atoms. The first-order valence-electron chi connectivity index (χ1n) is 11.9. The van der Waals surface area contributed by atoms with Gasteiger partial charge in [-0.3, -0.25) is 14.9 Å². The molecule has 2 amide bonds. The molecule has 0 radical (unpaired) electrons. The Balaban J connectivity index is 0.000000303. The Bertz CT molecular complexity index is 1220. The predicted octanol–water partition coefficient (Wildman–Crippen LogP) is 4.35. The van der Waals surface area contributed by atoms with Crippen molar-refractivity contribution in [2.45, 2.75) is 32.9 Å². The molecule has 188 valence electrons. The van der Waals surface area contributed by atoms with Gasteiger partial charge >= 0.3 is 0 Å². The minimum absolute atomic E-state index is 0.167. The summed E-state index contributed by atoms with van der Waals surface area (Å²) in [5.41, 5.74) is 4.28. The maximum atomic E-state index is 12.6. The van der Waals surface area contributed by atoms with Crippen LogP contribution in [0.4, 0.5) is 10.8 Å². The Hall–Kier alpha value is -3.74. The number of amides is 2. The molecule has 4 rings (SSSR count). The summed E-state index contributed by atoms with van der Waals surface area (Å²) in [5, 5.41) is 15.0. The zero-order valence-electron chi connectivity index (χ0n) is 21.0. The molecule has 2 N–H and O–H groups in total. The number of thiazole rings is 1. The van der Waals surface area contributed by atoms with E-state index in [-0.39, 0.29) is 5.91 Å². The fraction of sp³-hybridized carbons (Fsp3) is 0.333. The van der Waals surface area contributed by atoms with Crippen LogP contribution in [0.3, 0.4) is 0 Å². The summed E-state index contributed by atoms with van der Waals surface area (Å²) in [6.07, 6.45) is 2.68. The molecule has 36 heavy (non-hydrogen) atoms. The van der Waals surface area contributed by atoms with Crippen molar-refractivity contribution in [3.8, 4) is 6.07 Å². The van der Waals surface area contributed by atoms with E-state index in [0.29, 0.717) is 29.3 Å². The summed E-state index contributed by atoms with van der Waals surface area (Å²) in [6, 6.07) is 16.8. The number of hydrogen-bond donors (Lipinski definition) is 2. The van der Waals surface area contributed by atoms with Gasteiger partial charge in [-0.1, -0.05) is 25.1 Å². The number of hydrogen-bond acceptors (Lipinski definition) is 7. The Morgan fingerprint density at radius 1 is 1.28 bits per heavy atom. The average molecular weight is 505 g/mol. The van der Waals surface area contributed by atoms with Gasteiger partial charge in [0.25, 0.3) is 5.91 Å². The standard InChI is InChI=1S/C19H24N4O2S.C8H8N2/c1-3-8-23(13-24)11-14-5-4-6-15(10-14)18(25)21-19-20-16-7-9-22(2)12-17(16)26-19;1-10-8-4-2-3-7(5-8)6-9/h4-6,10,13H,3,7-9,11-12H2,1-2H3,(H,20,21,25);2-5,10H,1H3. The van der Waals surface area contributed by atoms with Crippen molar-refractivity contribution >= 4 is 34.5 Å². The van der Waals surface area contributed by atoms with Crippen LogP contribution < -0.4 is 10.6 Å². The van der Waals surface area contributed by atoms with E-state index in [4.69, 9.17) is 5.26 Å². The zero-order chi connectivity index (χ0) is 25.9. The van der Waals surface area contributed by atoms with E-state index < -0.39 is 0 Å². The van der Waals surface area contributed by atoms with Crippen LogP contribution in [0.1, 0.15) is 45.4 Å². The summed E-state index contributed by atoms with van der Waals surface area (Å²) in [6.45, 7) is 5.13. The fourth-order valence-corrected chi connectivity index (χ4v) is 4.88. The molecule has 0 fully saturated rings. The molecule has 3 aromatic rings. The second kappa shape index (κ2) is 13.4. The van der Waals surface area contributed by atoms with E-state index in [2.05, 4.69) is 33.6 Å². The van der Waals surface area contributed by atoms with Crippen LogP contribution in [0.25, 0.3) is 0 Å². The number of carbonyl (C=O) groups excluding carboxylic acids is 2. The third-order valence-corrected chi connectivity index (χ3v) is 6.66. The van der Waals surface area contributed by atoms with Crippen molar-refractivity contribution in [1.29, 1.82) is 5.26 Å². The van der Waals surface area contributed by atoms with E-state index in [1.807, 2.05) is 44.3 Å². The summed E-state index contributed by atoms with van der Waals surface area (Å²) in [5.74, 6) is -0.167. The number of benzene rings is 2.